The molecule has 1 rings (SSSR count). The van der Waals surface area contributed by atoms with E-state index >= 15 is 0 Å². The summed E-state index contributed by atoms with van der Waals surface area (Å²) >= 11 is 0. The van der Waals surface area contributed by atoms with Gasteiger partial charge in [-0.1, -0.05) is 20.8 Å². The van der Waals surface area contributed by atoms with Crippen LogP contribution in [-0.4, -0.2) is 33.3 Å². The molecular weight excluding hydrogens is 248 g/mol. The summed E-state index contributed by atoms with van der Waals surface area (Å²) in [6.07, 6.45) is 1.34. The summed E-state index contributed by atoms with van der Waals surface area (Å²) in [6, 6.07) is 0. The molecule has 4 nitrogen and oxygen atoms in total. The molecule has 0 amide bonds. The summed E-state index contributed by atoms with van der Waals surface area (Å²) in [6.45, 7) is 13.1. The smallest absolute Gasteiger partial charge is 0.304 e. The molecule has 0 unspecified atom stereocenters. The third-order valence-electron chi connectivity index (χ3n) is 3.80. The molecule has 5 heteroatoms. The number of ether oxygens (including phenoxy) is 2. The minimum absolute atomic E-state index is 0.0588. The second-order valence-corrected chi connectivity index (χ2v) is 11.3. The van der Waals surface area contributed by atoms with Crippen LogP contribution in [0.4, 0.5) is 0 Å². The Hall–Kier alpha value is -0.393. The van der Waals surface area contributed by atoms with E-state index in [4.69, 9.17) is 13.9 Å². The molecule has 1 aliphatic heterocycles. The molecule has 0 aromatic carbocycles. The van der Waals surface area contributed by atoms with Crippen molar-refractivity contribution in [2.24, 2.45) is 0 Å². The van der Waals surface area contributed by atoms with E-state index in [-0.39, 0.29) is 23.4 Å². The Kier molecular flexibility index (Phi) is 4.97. The van der Waals surface area contributed by atoms with Crippen molar-refractivity contribution in [1.82, 2.24) is 0 Å². The summed E-state index contributed by atoms with van der Waals surface area (Å²) in [5.74, 6) is -0.286. The summed E-state index contributed by atoms with van der Waals surface area (Å²) in [4.78, 5) is 10.8. The number of carbonyl (C=O) groups is 1. The molecule has 0 aromatic rings. The molecule has 1 fully saturated rings. The Labute approximate surface area is 111 Å². The van der Waals surface area contributed by atoms with Crippen molar-refractivity contribution in [3.8, 4) is 0 Å². The van der Waals surface area contributed by atoms with Gasteiger partial charge in [-0.15, -0.1) is 0 Å². The molecule has 2 atom stereocenters. The van der Waals surface area contributed by atoms with E-state index < -0.39 is 8.32 Å². The van der Waals surface area contributed by atoms with Crippen LogP contribution in [0.15, 0.2) is 0 Å². The van der Waals surface area contributed by atoms with E-state index in [1.807, 2.05) is 0 Å². The summed E-state index contributed by atoms with van der Waals surface area (Å²) in [7, 11) is -1.71. The molecule has 0 aromatic heterocycles. The zero-order valence-electron chi connectivity index (χ0n) is 12.4. The maximum atomic E-state index is 10.8. The van der Waals surface area contributed by atoms with Crippen LogP contribution in [0.2, 0.25) is 18.1 Å². The maximum absolute atomic E-state index is 10.8. The number of rotatable bonds is 4. The zero-order chi connectivity index (χ0) is 14.0. The van der Waals surface area contributed by atoms with Crippen LogP contribution in [0.25, 0.3) is 0 Å². The molecule has 0 spiro atoms. The molecule has 0 radical (unpaired) electrons. The van der Waals surface area contributed by atoms with Crippen molar-refractivity contribution in [3.63, 3.8) is 0 Å². The van der Waals surface area contributed by atoms with Crippen molar-refractivity contribution >= 4 is 14.3 Å². The van der Waals surface area contributed by atoms with Crippen LogP contribution in [-0.2, 0) is 18.7 Å². The van der Waals surface area contributed by atoms with Crippen molar-refractivity contribution in [3.05, 3.63) is 0 Å². The van der Waals surface area contributed by atoms with Crippen LogP contribution < -0.4 is 0 Å². The lowest BCUT2D eigenvalue weighted by atomic mass is 10.2. The van der Waals surface area contributed by atoms with Crippen LogP contribution >= 0.6 is 0 Å². The topological polar surface area (TPSA) is 44.8 Å². The maximum Gasteiger partial charge on any atom is 0.304 e. The number of hydrogen-bond acceptors (Lipinski definition) is 4. The largest absolute Gasteiger partial charge is 0.436 e. The molecule has 0 bridgehead atoms. The fraction of sp³-hybridized carbons (Fsp3) is 0.923. The van der Waals surface area contributed by atoms with Crippen molar-refractivity contribution < 1.29 is 18.7 Å². The molecular formula is C13H26O4Si. The van der Waals surface area contributed by atoms with Crippen LogP contribution in [0.1, 0.15) is 40.5 Å². The average molecular weight is 274 g/mol. The van der Waals surface area contributed by atoms with E-state index in [2.05, 4.69) is 33.9 Å². The third kappa shape index (κ3) is 4.37. The number of esters is 1. The standard InChI is InChI=1S/C13H26O4Si/c1-10(14)16-12-8-7-11(17-12)9-15-18(5,6)13(2,3)4/h11-12H,7-9H2,1-6H3/t11-,12+/m0/s1. The van der Waals surface area contributed by atoms with Crippen molar-refractivity contribution in [2.45, 2.75) is 71.1 Å². The monoisotopic (exact) mass is 274 g/mol. The van der Waals surface area contributed by atoms with Gasteiger partial charge in [0.2, 0.25) is 6.29 Å². The van der Waals surface area contributed by atoms with Gasteiger partial charge in [0.1, 0.15) is 0 Å². The van der Waals surface area contributed by atoms with Gasteiger partial charge in [0.15, 0.2) is 8.32 Å². The summed E-state index contributed by atoms with van der Waals surface area (Å²) < 4.78 is 16.8. The Balaban J connectivity index is 2.36. The van der Waals surface area contributed by atoms with Crippen molar-refractivity contribution in [2.75, 3.05) is 6.61 Å². The second-order valence-electron chi connectivity index (χ2n) is 6.45. The first-order valence-electron chi connectivity index (χ1n) is 6.58. The van der Waals surface area contributed by atoms with Crippen molar-refractivity contribution in [1.29, 1.82) is 0 Å². The Morgan fingerprint density at radius 1 is 1.33 bits per heavy atom. The van der Waals surface area contributed by atoms with Gasteiger partial charge in [-0.3, -0.25) is 4.79 Å². The predicted molar refractivity (Wildman–Crippen MR) is 72.8 cm³/mol. The number of carbonyl (C=O) groups excluding carboxylic acids is 1. The summed E-state index contributed by atoms with van der Waals surface area (Å²) in [5, 5.41) is 0.209. The van der Waals surface area contributed by atoms with Gasteiger partial charge in [-0.25, -0.2) is 0 Å². The SMILES string of the molecule is CC(=O)O[C@H]1CC[C@@H](CO[Si](C)(C)C(C)(C)C)O1. The molecule has 0 aliphatic carbocycles. The summed E-state index contributed by atoms with van der Waals surface area (Å²) in [5.41, 5.74) is 0. The molecule has 1 aliphatic rings. The normalized spacial score (nSPS) is 25.2. The van der Waals surface area contributed by atoms with Crippen LogP contribution in [0.5, 0.6) is 0 Å². The quantitative estimate of drug-likeness (QED) is 0.584. The van der Waals surface area contributed by atoms with Gasteiger partial charge in [0.05, 0.1) is 12.7 Å². The Morgan fingerprint density at radius 3 is 2.44 bits per heavy atom. The molecule has 1 heterocycles. The fourth-order valence-electron chi connectivity index (χ4n) is 1.58. The Morgan fingerprint density at radius 2 is 1.94 bits per heavy atom. The molecule has 1 saturated heterocycles. The first kappa shape index (κ1) is 15.7. The Bertz CT molecular complexity index is 296. The highest BCUT2D eigenvalue weighted by atomic mass is 28.4. The average Bonchev–Trinajstić information content (AvgIpc) is 2.60. The molecule has 0 saturated carbocycles. The highest BCUT2D eigenvalue weighted by molar-refractivity contribution is 6.74. The zero-order valence-corrected chi connectivity index (χ0v) is 13.4. The van der Waals surface area contributed by atoms with Gasteiger partial charge in [0.25, 0.3) is 0 Å². The van der Waals surface area contributed by atoms with E-state index in [1.54, 1.807) is 0 Å². The third-order valence-corrected chi connectivity index (χ3v) is 8.30. The predicted octanol–water partition coefficient (Wildman–Crippen LogP) is 3.08. The number of hydrogen-bond donors (Lipinski definition) is 0. The lowest BCUT2D eigenvalue weighted by Crippen LogP contribution is -2.42. The highest BCUT2D eigenvalue weighted by Crippen LogP contribution is 2.37. The first-order chi connectivity index (χ1) is 8.12. The fourth-order valence-corrected chi connectivity index (χ4v) is 2.62. The van der Waals surface area contributed by atoms with E-state index in [9.17, 15) is 4.79 Å². The second kappa shape index (κ2) is 5.71. The van der Waals surface area contributed by atoms with Crippen LogP contribution in [0, 0.1) is 0 Å². The van der Waals surface area contributed by atoms with Gasteiger partial charge in [0, 0.05) is 13.3 Å². The lowest BCUT2D eigenvalue weighted by Gasteiger charge is -2.36. The molecule has 106 valence electrons. The lowest BCUT2D eigenvalue weighted by molar-refractivity contribution is -0.174. The van der Waals surface area contributed by atoms with Gasteiger partial charge >= 0.3 is 5.97 Å². The van der Waals surface area contributed by atoms with E-state index in [0.29, 0.717) is 6.61 Å². The van der Waals surface area contributed by atoms with E-state index in [1.165, 1.54) is 6.92 Å². The highest BCUT2D eigenvalue weighted by Gasteiger charge is 2.38. The first-order valence-corrected chi connectivity index (χ1v) is 9.49. The molecule has 18 heavy (non-hydrogen) atoms. The van der Waals surface area contributed by atoms with Gasteiger partial charge < -0.3 is 13.9 Å². The van der Waals surface area contributed by atoms with Gasteiger partial charge in [-0.05, 0) is 24.6 Å². The minimum atomic E-state index is -1.71. The van der Waals surface area contributed by atoms with Crippen LogP contribution in [0.3, 0.4) is 0 Å². The van der Waals surface area contributed by atoms with Gasteiger partial charge in [-0.2, -0.15) is 0 Å². The molecule has 0 N–H and O–H groups in total. The van der Waals surface area contributed by atoms with E-state index in [0.717, 1.165) is 12.8 Å². The minimum Gasteiger partial charge on any atom is -0.436 e.